The van der Waals surface area contributed by atoms with Gasteiger partial charge in [-0.15, -0.1) is 0 Å². The van der Waals surface area contributed by atoms with Gasteiger partial charge in [0.05, 0.1) is 45.7 Å². The molecule has 6 atom stereocenters. The minimum atomic E-state index is -4.31. The molecule has 4 N–H and O–H groups in total. The number of ether oxygens (including phenoxy) is 6. The van der Waals surface area contributed by atoms with Gasteiger partial charge in [-0.1, -0.05) is 152 Å². The van der Waals surface area contributed by atoms with Gasteiger partial charge in [-0.05, 0) is 47.1 Å². The van der Waals surface area contributed by atoms with Gasteiger partial charge >= 0.3 is 19.9 Å². The summed E-state index contributed by atoms with van der Waals surface area (Å²) in [6.45, 7) is 1.65. The summed E-state index contributed by atoms with van der Waals surface area (Å²) in [5, 5.41) is 5.50. The number of amides is 2. The van der Waals surface area contributed by atoms with Crippen LogP contribution in [0.25, 0.3) is 0 Å². The van der Waals surface area contributed by atoms with E-state index in [1.807, 2.05) is 152 Å². The maximum atomic E-state index is 14.5. The second-order valence-electron chi connectivity index (χ2n) is 16.2. The number of rotatable bonds is 28. The molecule has 0 radical (unpaired) electrons. The lowest BCUT2D eigenvalue weighted by Gasteiger charge is -2.45. The van der Waals surface area contributed by atoms with Crippen molar-refractivity contribution in [1.82, 2.24) is 10.6 Å². The smallest absolute Gasteiger partial charge is 0.454 e. The quantitative estimate of drug-likeness (QED) is 0.0248. The highest BCUT2D eigenvalue weighted by Gasteiger charge is 2.51. The topological polar surface area (TPSA) is 201 Å². The van der Waals surface area contributed by atoms with Crippen LogP contribution in [0.5, 0.6) is 0 Å². The van der Waals surface area contributed by atoms with Gasteiger partial charge < -0.3 is 44.8 Å². The predicted molar refractivity (Wildman–Crippen MR) is 256 cm³/mol. The summed E-state index contributed by atoms with van der Waals surface area (Å²) in [6.07, 6.45) is -4.87. The molecule has 1 aliphatic heterocycles. The van der Waals surface area contributed by atoms with Crippen LogP contribution in [0.1, 0.15) is 54.0 Å². The predicted octanol–water partition coefficient (Wildman–Crippen LogP) is 7.93. The third kappa shape index (κ3) is 18.6. The summed E-state index contributed by atoms with van der Waals surface area (Å²) in [7, 11) is -4.31. The molecule has 17 heteroatoms. The molecule has 1 fully saturated rings. The van der Waals surface area contributed by atoms with E-state index >= 15 is 0 Å². The summed E-state index contributed by atoms with van der Waals surface area (Å²) in [5.41, 5.74) is 10.2. The first-order valence-corrected chi connectivity index (χ1v) is 24.4. The van der Waals surface area contributed by atoms with Crippen LogP contribution >= 0.6 is 7.82 Å². The van der Waals surface area contributed by atoms with Crippen LogP contribution in [0.15, 0.2) is 152 Å². The van der Waals surface area contributed by atoms with Crippen molar-refractivity contribution >= 4 is 25.8 Å². The van der Waals surface area contributed by atoms with Gasteiger partial charge in [-0.2, -0.15) is 0 Å². The lowest BCUT2D eigenvalue weighted by atomic mass is 9.98. The lowest BCUT2D eigenvalue weighted by Crippen LogP contribution is -2.62. The summed E-state index contributed by atoms with van der Waals surface area (Å²) in [5.74, 6) is -0.984. The Morgan fingerprint density at radius 1 is 0.580 bits per heavy atom. The molecule has 1 heterocycles. The molecule has 5 aromatic rings. The summed E-state index contributed by atoms with van der Waals surface area (Å²) in [6, 6.07) is 45.9. The number of nitrogens with two attached hydrogens (primary N) is 1. The zero-order chi connectivity index (χ0) is 48.5. The van der Waals surface area contributed by atoms with Crippen LogP contribution in [0.3, 0.4) is 0 Å². The third-order valence-corrected chi connectivity index (χ3v) is 12.1. The largest absolute Gasteiger partial charge is 0.475 e. The zero-order valence-corrected chi connectivity index (χ0v) is 39.6. The first kappa shape index (κ1) is 52.6. The number of benzene rings is 5. The highest BCUT2D eigenvalue weighted by atomic mass is 31.2. The van der Waals surface area contributed by atoms with Crippen LogP contribution in [-0.2, 0) is 89.2 Å². The minimum absolute atomic E-state index is 0.0420. The molecule has 0 spiro atoms. The molecule has 0 saturated carbocycles. The van der Waals surface area contributed by atoms with E-state index in [4.69, 9.17) is 47.7 Å². The molecular weight excluding hydrogens is 906 g/mol. The molecule has 1 aliphatic rings. The van der Waals surface area contributed by atoms with Crippen LogP contribution in [0.2, 0.25) is 0 Å². The number of hydrogen-bond donors (Lipinski definition) is 3. The van der Waals surface area contributed by atoms with Crippen molar-refractivity contribution in [2.24, 2.45) is 5.73 Å². The van der Waals surface area contributed by atoms with Crippen molar-refractivity contribution in [3.8, 4) is 0 Å². The summed E-state index contributed by atoms with van der Waals surface area (Å²) >= 11 is 0. The third-order valence-electron chi connectivity index (χ3n) is 10.7. The Balaban J connectivity index is 1.12. The van der Waals surface area contributed by atoms with E-state index in [0.29, 0.717) is 19.3 Å². The minimum Gasteiger partial charge on any atom is -0.454 e. The average Bonchev–Trinajstić information content (AvgIpc) is 3.38. The highest BCUT2D eigenvalue weighted by molar-refractivity contribution is 7.48. The number of carbonyl (C=O) groups is 3. The van der Waals surface area contributed by atoms with Crippen molar-refractivity contribution in [2.45, 2.75) is 96.0 Å². The second kappa shape index (κ2) is 28.6. The fraction of sp³-hybridized carbons (Fsp3) is 0.365. The first-order chi connectivity index (χ1) is 33.6. The van der Waals surface area contributed by atoms with Crippen molar-refractivity contribution in [3.05, 3.63) is 179 Å². The highest BCUT2D eigenvalue weighted by Crippen LogP contribution is 2.51. The monoisotopic (exact) mass is 967 g/mol. The van der Waals surface area contributed by atoms with E-state index in [-0.39, 0.29) is 65.2 Å². The van der Waals surface area contributed by atoms with Gasteiger partial charge in [0, 0.05) is 20.0 Å². The van der Waals surface area contributed by atoms with Gasteiger partial charge in [-0.25, -0.2) is 9.36 Å². The molecule has 0 aliphatic carbocycles. The molecule has 0 unspecified atom stereocenters. The van der Waals surface area contributed by atoms with Crippen LogP contribution in [0.4, 0.5) is 4.79 Å². The van der Waals surface area contributed by atoms with Crippen molar-refractivity contribution in [3.63, 3.8) is 0 Å². The van der Waals surface area contributed by atoms with E-state index in [0.717, 1.165) is 27.8 Å². The lowest BCUT2D eigenvalue weighted by molar-refractivity contribution is -0.318. The van der Waals surface area contributed by atoms with E-state index in [1.54, 1.807) is 0 Å². The Morgan fingerprint density at radius 3 is 1.55 bits per heavy atom. The van der Waals surface area contributed by atoms with Gasteiger partial charge in [0.25, 0.3) is 0 Å². The number of alkyl carbamates (subject to hydrolysis) is 1. The Kier molecular flexibility index (Phi) is 21.8. The molecule has 1 saturated heterocycles. The Morgan fingerprint density at radius 2 is 1.04 bits per heavy atom. The number of carbonyl (C=O) groups excluding carboxylic acids is 3. The zero-order valence-electron chi connectivity index (χ0n) is 38.7. The number of nitrogens with one attached hydrogen (secondary N) is 2. The van der Waals surface area contributed by atoms with Crippen molar-refractivity contribution < 1.29 is 60.9 Å². The van der Waals surface area contributed by atoms with E-state index < -0.39 is 56.6 Å². The van der Waals surface area contributed by atoms with Crippen LogP contribution in [0, 0.1) is 0 Å². The summed E-state index contributed by atoms with van der Waals surface area (Å²) < 4.78 is 69.7. The normalized spacial score (nSPS) is 18.4. The van der Waals surface area contributed by atoms with E-state index in [9.17, 15) is 18.9 Å². The Hall–Kier alpha value is -5.78. The molecule has 0 bridgehead atoms. The van der Waals surface area contributed by atoms with E-state index in [2.05, 4.69) is 10.6 Å². The first-order valence-electron chi connectivity index (χ1n) is 23.0. The SMILES string of the molecule is CC(=O)O[C@@H]1[C@@H](OCCCNC(=O)[C@@H](N)CCCNC(=O)OCc2ccccc2)O[C@H](COP(=O)(OCc2ccccc2)OCc2ccccc2)[C@@H](OCc2ccccc2)[C@@H]1OCc1ccccc1. The molecule has 16 nitrogen and oxygen atoms in total. The Labute approximate surface area is 403 Å². The molecule has 2 amide bonds. The molecule has 368 valence electrons. The molecule has 0 aromatic heterocycles. The average molecular weight is 968 g/mol. The molecule has 5 aromatic carbocycles. The van der Waals surface area contributed by atoms with Gasteiger partial charge in [-0.3, -0.25) is 23.2 Å². The van der Waals surface area contributed by atoms with Crippen LogP contribution < -0.4 is 16.4 Å². The maximum Gasteiger partial charge on any atom is 0.475 e. The van der Waals surface area contributed by atoms with Crippen molar-refractivity contribution in [1.29, 1.82) is 0 Å². The standard InChI is InChI=1S/C52H62N3O13P/c1-39(56)67-49-48(62-34-41-21-9-3-10-22-41)47(61-33-40-19-7-2-8-20-40)46(38-66-69(59,64-36-43-25-13-5-14-26-43)65-37-44-27-15-6-16-28-44)68-51(49)60-32-18-31-54-50(57)45(53)29-17-30-55-52(58)63-35-42-23-11-4-12-24-42/h2-16,19-28,45-49,51H,17-18,29-38,53H2,1H3,(H,54,57)(H,55,58)/t45-,46+,47+,48-,49-,51-/m0/s1. The molecular formula is C52H62N3O13P. The second-order valence-corrected chi connectivity index (χ2v) is 17.8. The van der Waals surface area contributed by atoms with Gasteiger partial charge in [0.2, 0.25) is 5.91 Å². The van der Waals surface area contributed by atoms with Gasteiger partial charge in [0.15, 0.2) is 12.4 Å². The van der Waals surface area contributed by atoms with Crippen LogP contribution in [-0.4, -0.2) is 81.0 Å². The van der Waals surface area contributed by atoms with E-state index in [1.165, 1.54) is 6.92 Å². The fourth-order valence-corrected chi connectivity index (χ4v) is 8.32. The maximum absolute atomic E-state index is 14.5. The Bertz CT molecular complexity index is 2250. The number of hydrogen-bond acceptors (Lipinski definition) is 14. The fourth-order valence-electron chi connectivity index (χ4n) is 7.15. The number of phosphoric acid groups is 1. The van der Waals surface area contributed by atoms with Gasteiger partial charge in [0.1, 0.15) is 24.9 Å². The van der Waals surface area contributed by atoms with Crippen molar-refractivity contribution in [2.75, 3.05) is 26.3 Å². The summed E-state index contributed by atoms with van der Waals surface area (Å²) in [4.78, 5) is 37.8. The number of esters is 1. The number of phosphoric ester groups is 1. The molecule has 69 heavy (non-hydrogen) atoms. The molecule has 6 rings (SSSR count).